The molecule has 0 radical (unpaired) electrons. The molecule has 2 atom stereocenters. The maximum absolute atomic E-state index is 13.6. The Morgan fingerprint density at radius 3 is 2.72 bits per heavy atom. The lowest BCUT2D eigenvalue weighted by molar-refractivity contribution is -0.137. The maximum Gasteiger partial charge on any atom is 0.421 e. The highest BCUT2D eigenvalue weighted by molar-refractivity contribution is 5.62. The average Bonchev–Trinajstić information content (AvgIpc) is 3.10. The molecule has 0 spiro atoms. The third-order valence-corrected chi connectivity index (χ3v) is 6.26. The summed E-state index contributed by atoms with van der Waals surface area (Å²) < 4.78 is 48.9. The van der Waals surface area contributed by atoms with Crippen molar-refractivity contribution in [2.75, 3.05) is 29.9 Å². The first-order valence-electron chi connectivity index (χ1n) is 9.99. The van der Waals surface area contributed by atoms with Gasteiger partial charge in [-0.05, 0) is 32.1 Å². The van der Waals surface area contributed by atoms with Crippen LogP contribution in [0.15, 0.2) is 6.20 Å². The van der Waals surface area contributed by atoms with Gasteiger partial charge in [0.1, 0.15) is 17.1 Å². The van der Waals surface area contributed by atoms with Crippen molar-refractivity contribution in [3.63, 3.8) is 0 Å². The summed E-state index contributed by atoms with van der Waals surface area (Å²) in [4.78, 5) is 9.97. The number of hydrogen-bond donors (Lipinski definition) is 1. The molecule has 2 aliphatic heterocycles. The van der Waals surface area contributed by atoms with Crippen LogP contribution in [0, 0.1) is 18.8 Å². The molecule has 2 aromatic heterocycles. The molecule has 1 saturated carbocycles. The fourth-order valence-corrected chi connectivity index (χ4v) is 4.31. The van der Waals surface area contributed by atoms with E-state index in [0.29, 0.717) is 31.3 Å². The van der Waals surface area contributed by atoms with E-state index in [-0.39, 0.29) is 29.6 Å². The summed E-state index contributed by atoms with van der Waals surface area (Å²) >= 11 is 0. The van der Waals surface area contributed by atoms with Gasteiger partial charge in [-0.1, -0.05) is 6.92 Å². The number of halogens is 3. The molecule has 1 aliphatic carbocycles. The van der Waals surface area contributed by atoms with Gasteiger partial charge < -0.3 is 15.0 Å². The zero-order chi connectivity index (χ0) is 20.3. The van der Waals surface area contributed by atoms with Crippen molar-refractivity contribution in [2.45, 2.75) is 45.3 Å². The summed E-state index contributed by atoms with van der Waals surface area (Å²) in [5.74, 6) is 1.60. The van der Waals surface area contributed by atoms with E-state index in [2.05, 4.69) is 20.4 Å². The van der Waals surface area contributed by atoms with Gasteiger partial charge in [-0.25, -0.2) is 9.67 Å². The van der Waals surface area contributed by atoms with Crippen LogP contribution in [-0.4, -0.2) is 39.4 Å². The molecule has 5 rings (SSSR count). The van der Waals surface area contributed by atoms with Crippen molar-refractivity contribution in [3.8, 4) is 5.75 Å². The highest BCUT2D eigenvalue weighted by Gasteiger charge is 2.41. The van der Waals surface area contributed by atoms with Crippen LogP contribution >= 0.6 is 0 Å². The van der Waals surface area contributed by atoms with E-state index in [1.807, 2.05) is 18.5 Å². The molecule has 0 unspecified atom stereocenters. The van der Waals surface area contributed by atoms with Gasteiger partial charge in [0, 0.05) is 25.2 Å². The number of rotatable bonds is 1. The topological polar surface area (TPSA) is 68.1 Å². The van der Waals surface area contributed by atoms with Crippen LogP contribution in [0.25, 0.3) is 0 Å². The van der Waals surface area contributed by atoms with Gasteiger partial charge in [-0.3, -0.25) is 0 Å². The van der Waals surface area contributed by atoms with Gasteiger partial charge in [0.15, 0.2) is 11.6 Å². The Hall–Kier alpha value is -2.52. The smallest absolute Gasteiger partial charge is 0.421 e. The maximum atomic E-state index is 13.6. The predicted octanol–water partition coefficient (Wildman–Crippen LogP) is 3.93. The quantitative estimate of drug-likeness (QED) is 0.771. The number of aromatic nitrogens is 4. The minimum absolute atomic E-state index is 0.0702. The van der Waals surface area contributed by atoms with Crippen molar-refractivity contribution in [3.05, 3.63) is 17.5 Å². The van der Waals surface area contributed by atoms with E-state index in [1.165, 1.54) is 0 Å². The van der Waals surface area contributed by atoms with E-state index in [0.717, 1.165) is 31.2 Å². The molecular formula is C19H23F3N6O. The van der Waals surface area contributed by atoms with E-state index >= 15 is 0 Å². The molecule has 10 heteroatoms. The van der Waals surface area contributed by atoms with Crippen LogP contribution in [0.3, 0.4) is 0 Å². The van der Waals surface area contributed by atoms with Gasteiger partial charge in [-0.2, -0.15) is 23.3 Å². The van der Waals surface area contributed by atoms with Crippen LogP contribution in [0.4, 0.5) is 30.8 Å². The summed E-state index contributed by atoms with van der Waals surface area (Å²) in [5, 5.41) is 7.75. The first-order valence-corrected chi connectivity index (χ1v) is 9.99. The SMILES string of the molecule is Cc1nn(C2CCC2)c2c1OC[C@H]1CN(C[C@@H]1C)c1nc(ncc1C(F)(F)F)N2. The first-order chi connectivity index (χ1) is 13.8. The molecule has 7 nitrogen and oxygen atoms in total. The molecule has 2 fully saturated rings. The van der Waals surface area contributed by atoms with E-state index in [1.54, 1.807) is 4.90 Å². The fraction of sp³-hybridized carbons (Fsp3) is 0.632. The number of aryl methyl sites for hydroxylation is 1. The normalized spacial score (nSPS) is 24.2. The highest BCUT2D eigenvalue weighted by Crippen LogP contribution is 2.42. The summed E-state index contributed by atoms with van der Waals surface area (Å²) in [5.41, 5.74) is -0.0479. The molecular weight excluding hydrogens is 385 g/mol. The van der Waals surface area contributed by atoms with Crippen molar-refractivity contribution < 1.29 is 17.9 Å². The zero-order valence-electron chi connectivity index (χ0n) is 16.3. The van der Waals surface area contributed by atoms with Gasteiger partial charge >= 0.3 is 6.18 Å². The number of nitrogens with zero attached hydrogens (tertiary/aromatic N) is 5. The fourth-order valence-electron chi connectivity index (χ4n) is 4.31. The largest absolute Gasteiger partial charge is 0.487 e. The molecule has 0 amide bonds. The van der Waals surface area contributed by atoms with E-state index in [9.17, 15) is 13.2 Å². The summed E-state index contributed by atoms with van der Waals surface area (Å²) in [6.45, 7) is 5.32. The number of hydrogen-bond acceptors (Lipinski definition) is 6. The van der Waals surface area contributed by atoms with Gasteiger partial charge in [-0.15, -0.1) is 0 Å². The average molecular weight is 408 g/mol. The van der Waals surface area contributed by atoms with Crippen LogP contribution in [0.2, 0.25) is 0 Å². The molecule has 1 N–H and O–H groups in total. The Bertz CT molecular complexity index is 939. The molecule has 29 heavy (non-hydrogen) atoms. The number of nitrogens with one attached hydrogen (secondary N) is 1. The molecule has 0 aromatic carbocycles. The Morgan fingerprint density at radius 2 is 2.03 bits per heavy atom. The van der Waals surface area contributed by atoms with Crippen LogP contribution < -0.4 is 15.0 Å². The minimum atomic E-state index is -4.51. The minimum Gasteiger partial charge on any atom is -0.487 e. The molecule has 1 saturated heterocycles. The van der Waals surface area contributed by atoms with E-state index < -0.39 is 11.7 Å². The van der Waals surface area contributed by atoms with Crippen molar-refractivity contribution >= 4 is 17.6 Å². The lowest BCUT2D eigenvalue weighted by Crippen LogP contribution is -2.26. The first kappa shape index (κ1) is 18.5. The standard InChI is InChI=1S/C19H23F3N6O/c1-10-7-27-8-12(10)9-29-15-11(2)26-28(13-4-3-5-13)17(15)25-18-23-6-14(16(27)24-18)19(20,21)22/h6,10,12-13H,3-5,7-9H2,1-2H3,(H,23,24,25)/t10-,12+/m0/s1. The number of fused-ring (bicyclic) bond motifs is 6. The van der Waals surface area contributed by atoms with Crippen LogP contribution in [0.5, 0.6) is 5.75 Å². The number of anilines is 3. The number of alkyl halides is 3. The van der Waals surface area contributed by atoms with Gasteiger partial charge in [0.25, 0.3) is 0 Å². The van der Waals surface area contributed by atoms with Crippen molar-refractivity contribution in [1.29, 1.82) is 0 Å². The molecule has 4 heterocycles. The number of ether oxygens (including phenoxy) is 1. The molecule has 2 aromatic rings. The monoisotopic (exact) mass is 408 g/mol. The third-order valence-electron chi connectivity index (χ3n) is 6.26. The second-order valence-corrected chi connectivity index (χ2v) is 8.30. The predicted molar refractivity (Wildman–Crippen MR) is 101 cm³/mol. The summed E-state index contributed by atoms with van der Waals surface area (Å²) in [6.07, 6.45) is -0.475. The Morgan fingerprint density at radius 1 is 1.24 bits per heavy atom. The van der Waals surface area contributed by atoms with Crippen molar-refractivity contribution in [1.82, 2.24) is 19.7 Å². The van der Waals surface area contributed by atoms with Gasteiger partial charge in [0.2, 0.25) is 5.95 Å². The zero-order valence-corrected chi connectivity index (χ0v) is 16.3. The highest BCUT2D eigenvalue weighted by atomic mass is 19.4. The van der Waals surface area contributed by atoms with Crippen LogP contribution in [-0.2, 0) is 6.18 Å². The van der Waals surface area contributed by atoms with Gasteiger partial charge in [0.05, 0.1) is 12.6 Å². The van der Waals surface area contributed by atoms with Crippen molar-refractivity contribution in [2.24, 2.45) is 11.8 Å². The summed E-state index contributed by atoms with van der Waals surface area (Å²) in [7, 11) is 0. The lowest BCUT2D eigenvalue weighted by Gasteiger charge is -2.27. The molecule has 4 bridgehead atoms. The lowest BCUT2D eigenvalue weighted by atomic mass is 9.93. The van der Waals surface area contributed by atoms with Crippen LogP contribution in [0.1, 0.15) is 43.5 Å². The third kappa shape index (κ3) is 3.08. The Balaban J connectivity index is 1.64. The molecule has 3 aliphatic rings. The summed E-state index contributed by atoms with van der Waals surface area (Å²) in [6, 6.07) is 0.256. The second kappa shape index (κ2) is 6.50. The van der Waals surface area contributed by atoms with E-state index in [4.69, 9.17) is 4.74 Å². The Labute approximate surface area is 166 Å². The Kier molecular flexibility index (Phi) is 4.15. The molecule has 156 valence electrons. The second-order valence-electron chi connectivity index (χ2n) is 8.30.